The third-order valence-electron chi connectivity index (χ3n) is 5.27. The minimum atomic E-state index is 0.361. The highest BCUT2D eigenvalue weighted by Gasteiger charge is 2.24. The van der Waals surface area contributed by atoms with Gasteiger partial charge in [0.05, 0.1) is 0 Å². The smallest absolute Gasteiger partial charge is 0.0193 e. The maximum Gasteiger partial charge on any atom is 0.0193 e. The Kier molecular flexibility index (Phi) is 6.11. The summed E-state index contributed by atoms with van der Waals surface area (Å²) in [7, 11) is 0. The molecule has 112 valence electrons. The molecule has 2 unspecified atom stereocenters. The SMILES string of the molecule is CCC(C)C(N)CN1CCC(CN2CCCC2)CC1. The zero-order valence-corrected chi connectivity index (χ0v) is 13.0. The number of rotatable bonds is 6. The van der Waals surface area contributed by atoms with E-state index in [0.29, 0.717) is 12.0 Å². The van der Waals surface area contributed by atoms with Crippen LogP contribution in [0.25, 0.3) is 0 Å². The van der Waals surface area contributed by atoms with Gasteiger partial charge in [-0.2, -0.15) is 0 Å². The van der Waals surface area contributed by atoms with Crippen molar-refractivity contribution in [2.75, 3.05) is 39.3 Å². The fourth-order valence-corrected chi connectivity index (χ4v) is 3.46. The Bertz CT molecular complexity index is 242. The fraction of sp³-hybridized carbons (Fsp3) is 1.00. The van der Waals surface area contributed by atoms with Crippen molar-refractivity contribution >= 4 is 0 Å². The molecule has 0 aromatic rings. The van der Waals surface area contributed by atoms with Crippen LogP contribution in [0.3, 0.4) is 0 Å². The van der Waals surface area contributed by atoms with Crippen molar-refractivity contribution in [2.24, 2.45) is 17.6 Å². The summed E-state index contributed by atoms with van der Waals surface area (Å²) in [4.78, 5) is 5.27. The Labute approximate surface area is 119 Å². The van der Waals surface area contributed by atoms with Crippen LogP contribution < -0.4 is 5.73 Å². The van der Waals surface area contributed by atoms with Gasteiger partial charge in [-0.15, -0.1) is 0 Å². The molecule has 2 atom stereocenters. The zero-order chi connectivity index (χ0) is 13.7. The first-order valence-electron chi connectivity index (χ1n) is 8.39. The van der Waals surface area contributed by atoms with Gasteiger partial charge in [-0.3, -0.25) is 0 Å². The van der Waals surface area contributed by atoms with Gasteiger partial charge in [0.1, 0.15) is 0 Å². The van der Waals surface area contributed by atoms with Gasteiger partial charge in [-0.05, 0) is 63.7 Å². The topological polar surface area (TPSA) is 32.5 Å². The molecule has 0 radical (unpaired) electrons. The lowest BCUT2D eigenvalue weighted by atomic mass is 9.94. The number of hydrogen-bond donors (Lipinski definition) is 1. The molecule has 0 aromatic carbocycles. The highest BCUT2D eigenvalue weighted by atomic mass is 15.2. The Morgan fingerprint density at radius 2 is 1.68 bits per heavy atom. The van der Waals surface area contributed by atoms with Gasteiger partial charge in [0.15, 0.2) is 0 Å². The molecule has 0 bridgehead atoms. The average Bonchev–Trinajstić information content (AvgIpc) is 2.93. The van der Waals surface area contributed by atoms with E-state index >= 15 is 0 Å². The van der Waals surface area contributed by atoms with E-state index in [1.807, 2.05) is 0 Å². The Balaban J connectivity index is 1.64. The van der Waals surface area contributed by atoms with Crippen molar-refractivity contribution in [3.05, 3.63) is 0 Å². The van der Waals surface area contributed by atoms with Crippen LogP contribution in [0.4, 0.5) is 0 Å². The van der Waals surface area contributed by atoms with Crippen molar-refractivity contribution in [3.8, 4) is 0 Å². The number of hydrogen-bond acceptors (Lipinski definition) is 3. The molecule has 2 saturated heterocycles. The summed E-state index contributed by atoms with van der Waals surface area (Å²) < 4.78 is 0. The molecular weight excluding hydrogens is 234 g/mol. The van der Waals surface area contributed by atoms with Crippen molar-refractivity contribution in [3.63, 3.8) is 0 Å². The van der Waals surface area contributed by atoms with Gasteiger partial charge < -0.3 is 15.5 Å². The van der Waals surface area contributed by atoms with E-state index < -0.39 is 0 Å². The third-order valence-corrected chi connectivity index (χ3v) is 5.27. The van der Waals surface area contributed by atoms with Crippen LogP contribution in [0.2, 0.25) is 0 Å². The first kappa shape index (κ1) is 15.3. The Morgan fingerprint density at radius 3 is 2.26 bits per heavy atom. The molecule has 0 saturated carbocycles. The van der Waals surface area contributed by atoms with Crippen molar-refractivity contribution < 1.29 is 0 Å². The number of nitrogens with zero attached hydrogens (tertiary/aromatic N) is 2. The predicted molar refractivity (Wildman–Crippen MR) is 82.3 cm³/mol. The maximum absolute atomic E-state index is 6.28. The van der Waals surface area contributed by atoms with Crippen LogP contribution in [0.1, 0.15) is 46.0 Å². The molecule has 2 fully saturated rings. The second kappa shape index (κ2) is 7.61. The molecule has 2 heterocycles. The Hall–Kier alpha value is -0.120. The second-order valence-corrected chi connectivity index (χ2v) is 6.80. The highest BCUT2D eigenvalue weighted by molar-refractivity contribution is 4.80. The molecule has 2 aliphatic rings. The van der Waals surface area contributed by atoms with Gasteiger partial charge in [0.2, 0.25) is 0 Å². The first-order chi connectivity index (χ1) is 9.19. The molecule has 0 amide bonds. The highest BCUT2D eigenvalue weighted by Crippen LogP contribution is 2.21. The Morgan fingerprint density at radius 1 is 1.05 bits per heavy atom. The summed E-state index contributed by atoms with van der Waals surface area (Å²) in [6.45, 7) is 12.2. The van der Waals surface area contributed by atoms with Gasteiger partial charge in [0, 0.05) is 19.1 Å². The molecule has 2 N–H and O–H groups in total. The third kappa shape index (κ3) is 4.73. The monoisotopic (exact) mass is 267 g/mol. The zero-order valence-electron chi connectivity index (χ0n) is 13.0. The molecule has 2 aliphatic heterocycles. The fourth-order valence-electron chi connectivity index (χ4n) is 3.46. The van der Waals surface area contributed by atoms with Crippen LogP contribution in [0.15, 0.2) is 0 Å². The summed E-state index contributed by atoms with van der Waals surface area (Å²) >= 11 is 0. The molecular formula is C16H33N3. The van der Waals surface area contributed by atoms with Crippen molar-refractivity contribution in [1.29, 1.82) is 0 Å². The van der Waals surface area contributed by atoms with E-state index in [1.165, 1.54) is 64.8 Å². The van der Waals surface area contributed by atoms with Gasteiger partial charge in [-0.25, -0.2) is 0 Å². The quantitative estimate of drug-likeness (QED) is 0.800. The summed E-state index contributed by atoms with van der Waals surface area (Å²) in [5.41, 5.74) is 6.28. The molecule has 3 nitrogen and oxygen atoms in total. The van der Waals surface area contributed by atoms with E-state index in [-0.39, 0.29) is 0 Å². The average molecular weight is 267 g/mol. The van der Waals surface area contributed by atoms with Crippen LogP contribution in [-0.2, 0) is 0 Å². The lowest BCUT2D eigenvalue weighted by Crippen LogP contribution is -2.45. The summed E-state index contributed by atoms with van der Waals surface area (Å²) in [5, 5.41) is 0. The first-order valence-corrected chi connectivity index (χ1v) is 8.39. The lowest BCUT2D eigenvalue weighted by molar-refractivity contribution is 0.141. The van der Waals surface area contributed by atoms with Crippen molar-refractivity contribution in [1.82, 2.24) is 9.80 Å². The molecule has 19 heavy (non-hydrogen) atoms. The van der Waals surface area contributed by atoms with Crippen molar-refractivity contribution in [2.45, 2.75) is 52.0 Å². The second-order valence-electron chi connectivity index (χ2n) is 6.80. The standard InChI is InChI=1S/C16H33N3/c1-3-14(2)16(17)13-19-10-6-15(7-11-19)12-18-8-4-5-9-18/h14-16H,3-13,17H2,1-2H3. The summed E-state index contributed by atoms with van der Waals surface area (Å²) in [6.07, 6.45) is 6.80. The van der Waals surface area contributed by atoms with Gasteiger partial charge in [0.25, 0.3) is 0 Å². The van der Waals surface area contributed by atoms with Crippen LogP contribution in [-0.4, -0.2) is 55.1 Å². The molecule has 3 heteroatoms. The number of likely N-dealkylation sites (tertiary alicyclic amines) is 2. The summed E-state index contributed by atoms with van der Waals surface area (Å²) in [5.74, 6) is 1.59. The molecule has 0 aliphatic carbocycles. The lowest BCUT2D eigenvalue weighted by Gasteiger charge is -2.36. The van der Waals surface area contributed by atoms with Crippen LogP contribution in [0.5, 0.6) is 0 Å². The van der Waals surface area contributed by atoms with E-state index in [1.54, 1.807) is 0 Å². The van der Waals surface area contributed by atoms with E-state index in [4.69, 9.17) is 5.73 Å². The van der Waals surface area contributed by atoms with Crippen LogP contribution >= 0.6 is 0 Å². The summed E-state index contributed by atoms with van der Waals surface area (Å²) in [6, 6.07) is 0.361. The number of nitrogens with two attached hydrogens (primary N) is 1. The molecule has 0 spiro atoms. The molecule has 2 rings (SSSR count). The van der Waals surface area contributed by atoms with E-state index in [0.717, 1.165) is 12.5 Å². The van der Waals surface area contributed by atoms with Gasteiger partial charge in [-0.1, -0.05) is 20.3 Å². The predicted octanol–water partition coefficient (Wildman–Crippen LogP) is 2.17. The largest absolute Gasteiger partial charge is 0.326 e. The van der Waals surface area contributed by atoms with Gasteiger partial charge >= 0.3 is 0 Å². The molecule has 0 aromatic heterocycles. The number of piperidine rings is 1. The minimum Gasteiger partial charge on any atom is -0.326 e. The maximum atomic E-state index is 6.28. The minimum absolute atomic E-state index is 0.361. The van der Waals surface area contributed by atoms with E-state index in [2.05, 4.69) is 23.6 Å². The van der Waals surface area contributed by atoms with Crippen LogP contribution in [0, 0.1) is 11.8 Å². The van der Waals surface area contributed by atoms with E-state index in [9.17, 15) is 0 Å². The normalized spacial score (nSPS) is 26.7.